The Labute approximate surface area is 161 Å². The second kappa shape index (κ2) is 7.52. The summed E-state index contributed by atoms with van der Waals surface area (Å²) in [6.45, 7) is 1.68. The monoisotopic (exact) mass is 375 g/mol. The van der Waals surface area contributed by atoms with Crippen LogP contribution in [0.3, 0.4) is 0 Å². The van der Waals surface area contributed by atoms with Crippen LogP contribution in [0.15, 0.2) is 72.8 Å². The van der Waals surface area contributed by atoms with Gasteiger partial charge in [0.1, 0.15) is 11.6 Å². The number of carbonyl (C=O) groups is 1. The van der Waals surface area contributed by atoms with Crippen molar-refractivity contribution < 1.29 is 13.9 Å². The molecule has 0 radical (unpaired) electrons. The Morgan fingerprint density at radius 1 is 1.04 bits per heavy atom. The molecule has 0 aliphatic rings. The average molecular weight is 375 g/mol. The third-order valence-corrected chi connectivity index (χ3v) is 4.39. The molecule has 1 aromatic heterocycles. The number of fused-ring (bicyclic) bond motifs is 1. The minimum atomic E-state index is -0.680. The molecular formula is C22H18FN3O2. The quantitative estimate of drug-likeness (QED) is 0.528. The first-order valence-electron chi connectivity index (χ1n) is 8.87. The normalized spacial score (nSPS) is 11.9. The average Bonchev–Trinajstić information content (AvgIpc) is 3.10. The first kappa shape index (κ1) is 17.7. The van der Waals surface area contributed by atoms with E-state index in [1.165, 1.54) is 12.1 Å². The third kappa shape index (κ3) is 3.71. The van der Waals surface area contributed by atoms with Gasteiger partial charge >= 0.3 is 0 Å². The predicted molar refractivity (Wildman–Crippen MR) is 107 cm³/mol. The van der Waals surface area contributed by atoms with E-state index in [-0.39, 0.29) is 11.7 Å². The second-order valence-corrected chi connectivity index (χ2v) is 6.41. The van der Waals surface area contributed by atoms with Crippen LogP contribution in [0, 0.1) is 5.82 Å². The fraction of sp³-hybridized carbons (Fsp3) is 0.0909. The summed E-state index contributed by atoms with van der Waals surface area (Å²) in [5.74, 6) is 0.458. The lowest BCUT2D eigenvalue weighted by Crippen LogP contribution is -2.30. The van der Waals surface area contributed by atoms with Crippen LogP contribution in [-0.2, 0) is 4.79 Å². The van der Waals surface area contributed by atoms with E-state index in [4.69, 9.17) is 4.74 Å². The van der Waals surface area contributed by atoms with Gasteiger partial charge in [0.15, 0.2) is 11.9 Å². The highest BCUT2D eigenvalue weighted by molar-refractivity contribution is 6.02. The number of H-pyrrole nitrogens is 1. The van der Waals surface area contributed by atoms with E-state index in [0.717, 1.165) is 22.0 Å². The fourth-order valence-electron chi connectivity index (χ4n) is 2.94. The largest absolute Gasteiger partial charge is 0.481 e. The van der Waals surface area contributed by atoms with Crippen LogP contribution < -0.4 is 10.1 Å². The van der Waals surface area contributed by atoms with E-state index in [0.29, 0.717) is 11.6 Å². The van der Waals surface area contributed by atoms with Gasteiger partial charge in [-0.2, -0.15) is 5.10 Å². The van der Waals surface area contributed by atoms with Crippen LogP contribution in [0.2, 0.25) is 0 Å². The topological polar surface area (TPSA) is 67.0 Å². The lowest BCUT2D eigenvalue weighted by molar-refractivity contribution is -0.122. The SMILES string of the molecule is CC(Oc1ccccc1)C(=O)Nc1n[nH]c2cc(-c3cccc(F)c3)ccc12. The molecule has 0 saturated carbocycles. The number of nitrogens with one attached hydrogen (secondary N) is 2. The van der Waals surface area contributed by atoms with Crippen LogP contribution in [0.4, 0.5) is 10.2 Å². The number of aromatic amines is 1. The van der Waals surface area contributed by atoms with Crippen molar-refractivity contribution in [1.82, 2.24) is 10.2 Å². The highest BCUT2D eigenvalue weighted by Gasteiger charge is 2.17. The van der Waals surface area contributed by atoms with Crippen molar-refractivity contribution in [2.45, 2.75) is 13.0 Å². The number of para-hydroxylation sites is 1. The number of carbonyl (C=O) groups excluding carboxylic acids is 1. The summed E-state index contributed by atoms with van der Waals surface area (Å²) in [7, 11) is 0. The molecule has 0 bridgehead atoms. The minimum Gasteiger partial charge on any atom is -0.481 e. The molecule has 0 aliphatic carbocycles. The highest BCUT2D eigenvalue weighted by Crippen LogP contribution is 2.27. The zero-order valence-corrected chi connectivity index (χ0v) is 15.1. The van der Waals surface area contributed by atoms with E-state index in [2.05, 4.69) is 15.5 Å². The first-order valence-corrected chi connectivity index (χ1v) is 8.87. The van der Waals surface area contributed by atoms with Crippen molar-refractivity contribution in [1.29, 1.82) is 0 Å². The number of ether oxygens (including phenoxy) is 1. The van der Waals surface area contributed by atoms with Crippen LogP contribution in [0.1, 0.15) is 6.92 Å². The molecule has 1 unspecified atom stereocenters. The van der Waals surface area contributed by atoms with Crippen LogP contribution >= 0.6 is 0 Å². The smallest absolute Gasteiger partial charge is 0.266 e. The highest BCUT2D eigenvalue weighted by atomic mass is 19.1. The fourth-order valence-corrected chi connectivity index (χ4v) is 2.94. The number of hydrogen-bond acceptors (Lipinski definition) is 3. The first-order chi connectivity index (χ1) is 13.6. The summed E-state index contributed by atoms with van der Waals surface area (Å²) < 4.78 is 19.1. The Morgan fingerprint density at radius 2 is 1.82 bits per heavy atom. The Hall–Kier alpha value is -3.67. The number of halogens is 1. The van der Waals surface area contributed by atoms with Crippen molar-refractivity contribution in [3.63, 3.8) is 0 Å². The lowest BCUT2D eigenvalue weighted by atomic mass is 10.0. The van der Waals surface area contributed by atoms with Gasteiger partial charge in [-0.15, -0.1) is 0 Å². The molecule has 0 saturated heterocycles. The summed E-state index contributed by atoms with van der Waals surface area (Å²) in [4.78, 5) is 12.5. The Balaban J connectivity index is 1.52. The molecule has 0 spiro atoms. The number of amides is 1. The van der Waals surface area contributed by atoms with Crippen molar-refractivity contribution in [3.05, 3.63) is 78.6 Å². The van der Waals surface area contributed by atoms with Crippen molar-refractivity contribution in [2.75, 3.05) is 5.32 Å². The van der Waals surface area contributed by atoms with E-state index in [1.54, 1.807) is 25.1 Å². The van der Waals surface area contributed by atoms with Crippen LogP contribution in [0.5, 0.6) is 5.75 Å². The summed E-state index contributed by atoms with van der Waals surface area (Å²) in [6, 6.07) is 21.1. The molecule has 5 nitrogen and oxygen atoms in total. The summed E-state index contributed by atoms with van der Waals surface area (Å²) in [5, 5.41) is 10.6. The second-order valence-electron chi connectivity index (χ2n) is 6.41. The Morgan fingerprint density at radius 3 is 2.61 bits per heavy atom. The maximum atomic E-state index is 13.5. The molecule has 2 N–H and O–H groups in total. The van der Waals surface area contributed by atoms with Crippen LogP contribution in [0.25, 0.3) is 22.0 Å². The van der Waals surface area contributed by atoms with Crippen molar-refractivity contribution >= 4 is 22.6 Å². The van der Waals surface area contributed by atoms with E-state index in [1.807, 2.05) is 42.5 Å². The maximum absolute atomic E-state index is 13.5. The number of rotatable bonds is 5. The standard InChI is InChI=1S/C22H18FN3O2/c1-14(28-18-8-3-2-4-9-18)22(27)24-21-19-11-10-16(13-20(19)25-26-21)15-6-5-7-17(23)12-15/h2-14H,1H3,(H2,24,25,26,27). The molecular weight excluding hydrogens is 357 g/mol. The van der Waals surface area contributed by atoms with Gasteiger partial charge in [0.05, 0.1) is 5.52 Å². The van der Waals surface area contributed by atoms with Crippen molar-refractivity contribution in [2.24, 2.45) is 0 Å². The molecule has 140 valence electrons. The number of aromatic nitrogens is 2. The number of anilines is 1. The van der Waals surface area contributed by atoms with Gasteiger partial charge < -0.3 is 10.1 Å². The molecule has 28 heavy (non-hydrogen) atoms. The summed E-state index contributed by atoms with van der Waals surface area (Å²) >= 11 is 0. The Bertz CT molecular complexity index is 1130. The van der Waals surface area contributed by atoms with Gasteiger partial charge in [0.25, 0.3) is 5.91 Å². The zero-order chi connectivity index (χ0) is 19.5. The number of benzene rings is 3. The summed E-state index contributed by atoms with van der Waals surface area (Å²) in [6.07, 6.45) is -0.680. The van der Waals surface area contributed by atoms with Crippen LogP contribution in [-0.4, -0.2) is 22.2 Å². The molecule has 1 heterocycles. The number of nitrogens with zero attached hydrogens (tertiary/aromatic N) is 1. The Kier molecular flexibility index (Phi) is 4.76. The van der Waals surface area contributed by atoms with Gasteiger partial charge in [0.2, 0.25) is 0 Å². The van der Waals surface area contributed by atoms with E-state index >= 15 is 0 Å². The lowest BCUT2D eigenvalue weighted by Gasteiger charge is -2.13. The van der Waals surface area contributed by atoms with Gasteiger partial charge in [-0.1, -0.05) is 36.4 Å². The predicted octanol–water partition coefficient (Wildman–Crippen LogP) is 4.78. The van der Waals surface area contributed by atoms with Gasteiger partial charge in [-0.25, -0.2) is 4.39 Å². The molecule has 1 atom stereocenters. The molecule has 3 aromatic carbocycles. The number of hydrogen-bond donors (Lipinski definition) is 2. The minimum absolute atomic E-state index is 0.289. The van der Waals surface area contributed by atoms with Gasteiger partial charge in [0, 0.05) is 5.39 Å². The molecule has 0 aliphatic heterocycles. The maximum Gasteiger partial charge on any atom is 0.266 e. The van der Waals surface area contributed by atoms with E-state index < -0.39 is 6.10 Å². The zero-order valence-electron chi connectivity index (χ0n) is 15.1. The summed E-state index contributed by atoms with van der Waals surface area (Å²) in [5.41, 5.74) is 2.37. The van der Waals surface area contributed by atoms with Gasteiger partial charge in [-0.3, -0.25) is 9.89 Å². The molecule has 4 aromatic rings. The van der Waals surface area contributed by atoms with E-state index in [9.17, 15) is 9.18 Å². The molecule has 4 rings (SSSR count). The molecule has 0 fully saturated rings. The molecule has 6 heteroatoms. The third-order valence-electron chi connectivity index (χ3n) is 4.39. The van der Waals surface area contributed by atoms with Gasteiger partial charge in [-0.05, 0) is 54.4 Å². The van der Waals surface area contributed by atoms with Crippen molar-refractivity contribution in [3.8, 4) is 16.9 Å². The molecule has 1 amide bonds.